The van der Waals surface area contributed by atoms with Gasteiger partial charge in [-0.1, -0.05) is 45.0 Å². The number of anilines is 3. The summed E-state index contributed by atoms with van der Waals surface area (Å²) in [6, 6.07) is 13.6. The van der Waals surface area contributed by atoms with E-state index in [1.807, 2.05) is 64.0 Å². The molecule has 0 aliphatic heterocycles. The lowest BCUT2D eigenvalue weighted by atomic mass is 9.86. The zero-order valence-electron chi connectivity index (χ0n) is 27.1. The lowest BCUT2D eigenvalue weighted by Crippen LogP contribution is -2.22. The van der Waals surface area contributed by atoms with Crippen LogP contribution in [0.4, 0.5) is 21.9 Å². The number of fused-ring (bicyclic) bond motifs is 1. The van der Waals surface area contributed by atoms with Crippen molar-refractivity contribution >= 4 is 43.9 Å². The molecule has 1 aromatic heterocycles. The highest BCUT2D eigenvalue weighted by Crippen LogP contribution is 2.39. The Kier molecular flexibility index (Phi) is 10.4. The van der Waals surface area contributed by atoms with E-state index in [9.17, 15) is 13.2 Å². The van der Waals surface area contributed by atoms with Crippen molar-refractivity contribution in [1.82, 2.24) is 19.9 Å². The molecule has 4 aromatic rings. The minimum Gasteiger partial charge on any atom is -0.492 e. The topological polar surface area (TPSA) is 166 Å². The second-order valence-electron chi connectivity index (χ2n) is 11.6. The van der Waals surface area contributed by atoms with E-state index in [1.54, 1.807) is 24.3 Å². The minimum absolute atomic E-state index is 0.0281. The molecule has 0 atom stereocenters. The summed E-state index contributed by atoms with van der Waals surface area (Å²) in [6.45, 7) is 6.94. The highest BCUT2D eigenvalue weighted by Gasteiger charge is 2.23. The summed E-state index contributed by atoms with van der Waals surface area (Å²) in [5.74, 6) is 0.588. The Morgan fingerprint density at radius 3 is 2.11 bits per heavy atom. The van der Waals surface area contributed by atoms with Crippen molar-refractivity contribution in [2.75, 3.05) is 63.1 Å². The van der Waals surface area contributed by atoms with Gasteiger partial charge in [0, 0.05) is 17.3 Å². The van der Waals surface area contributed by atoms with Crippen LogP contribution in [-0.4, -0.2) is 82.0 Å². The number of urea groups is 1. The van der Waals surface area contributed by atoms with Crippen molar-refractivity contribution in [2.24, 2.45) is 0 Å². The molecule has 4 rings (SSSR count). The van der Waals surface area contributed by atoms with Gasteiger partial charge in [0.15, 0.2) is 5.75 Å². The van der Waals surface area contributed by atoms with Crippen LogP contribution in [0.3, 0.4) is 0 Å². The first-order valence-corrected chi connectivity index (χ1v) is 16.1. The summed E-state index contributed by atoms with van der Waals surface area (Å²) in [7, 11) is 3.05. The number of aromatic nitrogens is 3. The second kappa shape index (κ2) is 14.0. The Hall–Kier alpha value is -4.89. The van der Waals surface area contributed by atoms with Gasteiger partial charge in [0.05, 0.1) is 37.5 Å². The summed E-state index contributed by atoms with van der Waals surface area (Å²) >= 11 is 0. The quantitative estimate of drug-likeness (QED) is 0.186. The Bertz CT molecular complexity index is 1830. The molecule has 46 heavy (non-hydrogen) atoms. The number of nitrogens with one attached hydrogen (secondary N) is 3. The van der Waals surface area contributed by atoms with E-state index in [-0.39, 0.29) is 40.6 Å². The zero-order chi connectivity index (χ0) is 33.6. The molecular formula is C31H39N7O7S. The first-order valence-electron chi connectivity index (χ1n) is 14.2. The van der Waals surface area contributed by atoms with Crippen molar-refractivity contribution in [3.05, 3.63) is 54.1 Å². The number of likely N-dealkylation sites (N-methyl/N-ethyl adjacent to an activating group) is 1. The Labute approximate surface area is 268 Å². The number of hydrogen-bond donors (Lipinski definition) is 3. The number of hydrogen-bond acceptors (Lipinski definition) is 11. The molecule has 0 aliphatic rings. The molecule has 0 saturated carbocycles. The molecule has 0 saturated heterocycles. The first-order chi connectivity index (χ1) is 21.7. The van der Waals surface area contributed by atoms with Gasteiger partial charge < -0.3 is 34.5 Å². The standard InChI is InChI=1S/C31H39N7O7S/c1-31(2,3)19-17-23(26(42-6)24(18-19)37-46(8,40)41)33-27(39)32-22-13-14-25(21-12-10-9-11-20(21)22)45-30-35-28(43-7)34-29(36-30)44-16-15-38(4)5/h9-14,17-18,37H,15-16H2,1-8H3,(H2,32,33,39). The molecule has 1 heterocycles. The minimum atomic E-state index is -3.63. The maximum absolute atomic E-state index is 13.4. The number of carbonyl (C=O) groups excluding carboxylic acids is 1. The summed E-state index contributed by atoms with van der Waals surface area (Å²) in [5, 5.41) is 7.03. The van der Waals surface area contributed by atoms with Gasteiger partial charge in [-0.15, -0.1) is 15.0 Å². The van der Waals surface area contributed by atoms with Crippen LogP contribution < -0.4 is 34.3 Å². The van der Waals surface area contributed by atoms with E-state index >= 15 is 0 Å². The number of sulfonamides is 1. The molecule has 0 spiro atoms. The smallest absolute Gasteiger partial charge is 0.331 e. The van der Waals surface area contributed by atoms with Crippen LogP contribution in [0.25, 0.3) is 10.8 Å². The number of carbonyl (C=O) groups is 1. The molecule has 2 amide bonds. The molecule has 0 aliphatic carbocycles. The molecule has 246 valence electrons. The van der Waals surface area contributed by atoms with E-state index in [4.69, 9.17) is 18.9 Å². The second-order valence-corrected chi connectivity index (χ2v) is 13.4. The maximum Gasteiger partial charge on any atom is 0.331 e. The van der Waals surface area contributed by atoms with Crippen LogP contribution in [0.2, 0.25) is 0 Å². The Morgan fingerprint density at radius 1 is 0.848 bits per heavy atom. The largest absolute Gasteiger partial charge is 0.492 e. The van der Waals surface area contributed by atoms with Crippen molar-refractivity contribution in [3.8, 4) is 29.5 Å². The predicted molar refractivity (Wildman–Crippen MR) is 177 cm³/mol. The predicted octanol–water partition coefficient (Wildman–Crippen LogP) is 5.09. The van der Waals surface area contributed by atoms with Crippen molar-refractivity contribution in [2.45, 2.75) is 26.2 Å². The third-order valence-electron chi connectivity index (χ3n) is 6.56. The molecule has 14 nitrogen and oxygen atoms in total. The molecule has 0 radical (unpaired) electrons. The van der Waals surface area contributed by atoms with Crippen LogP contribution in [0.1, 0.15) is 26.3 Å². The van der Waals surface area contributed by atoms with Crippen molar-refractivity contribution in [3.63, 3.8) is 0 Å². The van der Waals surface area contributed by atoms with Crippen LogP contribution >= 0.6 is 0 Å². The van der Waals surface area contributed by atoms with E-state index in [2.05, 4.69) is 30.3 Å². The normalized spacial score (nSPS) is 11.7. The van der Waals surface area contributed by atoms with Gasteiger partial charge in [-0.3, -0.25) is 4.72 Å². The summed E-state index contributed by atoms with van der Waals surface area (Å²) in [6.07, 6.45) is 1.05. The zero-order valence-corrected chi connectivity index (χ0v) is 27.9. The van der Waals surface area contributed by atoms with Crippen LogP contribution in [0.15, 0.2) is 48.5 Å². The summed E-state index contributed by atoms with van der Waals surface area (Å²) in [4.78, 5) is 27.9. The average Bonchev–Trinajstić information content (AvgIpc) is 2.96. The van der Waals surface area contributed by atoms with Crippen molar-refractivity contribution in [1.29, 1.82) is 0 Å². The molecule has 0 bridgehead atoms. The SMILES string of the molecule is COc1nc(OCCN(C)C)nc(Oc2ccc(NC(=O)Nc3cc(C(C)(C)C)cc(NS(C)(=O)=O)c3OC)c3ccccc23)n1. The van der Waals surface area contributed by atoms with E-state index in [0.717, 1.165) is 11.8 Å². The number of amides is 2. The van der Waals surface area contributed by atoms with Gasteiger partial charge in [0.2, 0.25) is 10.0 Å². The fourth-order valence-corrected chi connectivity index (χ4v) is 4.89. The van der Waals surface area contributed by atoms with Crippen molar-refractivity contribution < 1.29 is 32.2 Å². The van der Waals surface area contributed by atoms with Gasteiger partial charge in [0.1, 0.15) is 12.4 Å². The number of ether oxygens (including phenoxy) is 4. The van der Waals surface area contributed by atoms with Gasteiger partial charge in [-0.25, -0.2) is 13.2 Å². The highest BCUT2D eigenvalue weighted by atomic mass is 32.2. The van der Waals surface area contributed by atoms with E-state index in [0.29, 0.717) is 35.4 Å². The van der Waals surface area contributed by atoms with Gasteiger partial charge in [-0.2, -0.15) is 0 Å². The third kappa shape index (κ3) is 8.85. The van der Waals surface area contributed by atoms with Crippen LogP contribution in [0.5, 0.6) is 29.5 Å². The fourth-order valence-electron chi connectivity index (χ4n) is 4.34. The van der Waals surface area contributed by atoms with Gasteiger partial charge in [0.25, 0.3) is 0 Å². The molecular weight excluding hydrogens is 614 g/mol. The molecule has 3 aromatic carbocycles. The highest BCUT2D eigenvalue weighted by molar-refractivity contribution is 7.92. The lowest BCUT2D eigenvalue weighted by molar-refractivity contribution is 0.236. The monoisotopic (exact) mass is 653 g/mol. The van der Waals surface area contributed by atoms with Crippen LogP contribution in [0, 0.1) is 0 Å². The van der Waals surface area contributed by atoms with Crippen LogP contribution in [-0.2, 0) is 15.4 Å². The molecule has 0 unspecified atom stereocenters. The number of rotatable bonds is 12. The van der Waals surface area contributed by atoms with Gasteiger partial charge >= 0.3 is 24.1 Å². The Balaban J connectivity index is 1.62. The van der Waals surface area contributed by atoms with E-state index in [1.165, 1.54) is 14.2 Å². The molecule has 3 N–H and O–H groups in total. The fraction of sp³-hybridized carbons (Fsp3) is 0.355. The number of benzene rings is 3. The maximum atomic E-state index is 13.4. The van der Waals surface area contributed by atoms with E-state index < -0.39 is 16.1 Å². The number of methoxy groups -OCH3 is 2. The average molecular weight is 654 g/mol. The molecule has 15 heteroatoms. The first kappa shape index (κ1) is 34.0. The lowest BCUT2D eigenvalue weighted by Gasteiger charge is -2.24. The molecule has 0 fully saturated rings. The third-order valence-corrected chi connectivity index (χ3v) is 7.15. The van der Waals surface area contributed by atoms with Gasteiger partial charge in [-0.05, 0) is 49.3 Å². The Morgan fingerprint density at radius 2 is 1.48 bits per heavy atom. The summed E-state index contributed by atoms with van der Waals surface area (Å²) < 4.78 is 49.1. The number of nitrogens with zero attached hydrogens (tertiary/aromatic N) is 4. The summed E-state index contributed by atoms with van der Waals surface area (Å²) in [5.41, 5.74) is 1.40.